The number of nitrogens with zero attached hydrogens (tertiary/aromatic N) is 2. The van der Waals surface area contributed by atoms with Gasteiger partial charge in [0.15, 0.2) is 5.96 Å². The third-order valence-corrected chi connectivity index (χ3v) is 4.40. The Balaban J connectivity index is 1.64. The minimum Gasteiger partial charge on any atom is -0.379 e. The van der Waals surface area contributed by atoms with E-state index in [-0.39, 0.29) is 0 Å². The van der Waals surface area contributed by atoms with Gasteiger partial charge in [-0.2, -0.15) is 0 Å². The fourth-order valence-corrected chi connectivity index (χ4v) is 3.01. The summed E-state index contributed by atoms with van der Waals surface area (Å²) in [7, 11) is 1.82. The number of aliphatic imine (C=N–C) groups is 1. The van der Waals surface area contributed by atoms with Gasteiger partial charge in [-0.1, -0.05) is 13.0 Å². The Labute approximate surface area is 131 Å². The Morgan fingerprint density at radius 1 is 1.43 bits per heavy atom. The van der Waals surface area contributed by atoms with E-state index in [2.05, 4.69) is 45.0 Å². The lowest BCUT2D eigenvalue weighted by Crippen LogP contribution is -2.43. The Morgan fingerprint density at radius 2 is 2.24 bits per heavy atom. The largest absolute Gasteiger partial charge is 0.379 e. The number of hydrogen-bond donors (Lipinski definition) is 2. The first-order valence-electron chi connectivity index (χ1n) is 7.55. The molecule has 0 saturated carbocycles. The molecule has 1 aromatic heterocycles. The van der Waals surface area contributed by atoms with Crippen LogP contribution in [0.5, 0.6) is 0 Å². The summed E-state index contributed by atoms with van der Waals surface area (Å²) in [4.78, 5) is 8.06. The monoisotopic (exact) mass is 310 g/mol. The molecule has 0 aromatic carbocycles. The Hall–Kier alpha value is -1.11. The van der Waals surface area contributed by atoms with Gasteiger partial charge in [0.05, 0.1) is 19.8 Å². The van der Waals surface area contributed by atoms with Gasteiger partial charge in [-0.15, -0.1) is 11.3 Å². The molecule has 2 rings (SSSR count). The molecule has 1 aliphatic heterocycles. The van der Waals surface area contributed by atoms with Crippen LogP contribution >= 0.6 is 11.3 Å². The van der Waals surface area contributed by atoms with E-state index in [1.807, 2.05) is 7.05 Å². The van der Waals surface area contributed by atoms with E-state index in [1.165, 1.54) is 4.88 Å². The minimum absolute atomic E-state index is 0.586. The molecule has 1 aromatic rings. The van der Waals surface area contributed by atoms with Gasteiger partial charge in [0.25, 0.3) is 0 Å². The smallest absolute Gasteiger partial charge is 0.191 e. The van der Waals surface area contributed by atoms with E-state index in [9.17, 15) is 0 Å². The summed E-state index contributed by atoms with van der Waals surface area (Å²) < 4.78 is 5.38. The molecule has 2 heterocycles. The number of morpholine rings is 1. The molecular weight excluding hydrogens is 284 g/mol. The number of hydrogen-bond acceptors (Lipinski definition) is 4. The van der Waals surface area contributed by atoms with Crippen molar-refractivity contribution < 1.29 is 4.74 Å². The van der Waals surface area contributed by atoms with Crippen LogP contribution in [0.15, 0.2) is 22.5 Å². The fraction of sp³-hybridized carbons (Fsp3) is 0.667. The second kappa shape index (κ2) is 9.02. The van der Waals surface area contributed by atoms with Crippen LogP contribution in [0.3, 0.4) is 0 Å². The topological polar surface area (TPSA) is 48.9 Å². The van der Waals surface area contributed by atoms with Crippen molar-refractivity contribution in [2.75, 3.05) is 46.4 Å². The first-order chi connectivity index (χ1) is 10.3. The molecule has 0 bridgehead atoms. The average Bonchev–Trinajstić information content (AvgIpc) is 3.02. The molecule has 21 heavy (non-hydrogen) atoms. The van der Waals surface area contributed by atoms with E-state index in [4.69, 9.17) is 4.74 Å². The summed E-state index contributed by atoms with van der Waals surface area (Å²) in [5.74, 6) is 1.46. The van der Waals surface area contributed by atoms with Crippen molar-refractivity contribution in [1.82, 2.24) is 15.5 Å². The highest BCUT2D eigenvalue weighted by atomic mass is 32.1. The zero-order chi connectivity index (χ0) is 14.9. The number of rotatable bonds is 6. The maximum Gasteiger partial charge on any atom is 0.191 e. The fourth-order valence-electron chi connectivity index (χ4n) is 2.36. The highest BCUT2D eigenvalue weighted by Crippen LogP contribution is 2.07. The summed E-state index contributed by atoms with van der Waals surface area (Å²) >= 11 is 1.76. The van der Waals surface area contributed by atoms with E-state index in [0.717, 1.165) is 51.9 Å². The van der Waals surface area contributed by atoms with Crippen molar-refractivity contribution in [2.24, 2.45) is 10.9 Å². The molecule has 0 spiro atoms. The Kier molecular flexibility index (Phi) is 6.99. The summed E-state index contributed by atoms with van der Waals surface area (Å²) in [6, 6.07) is 4.20. The molecule has 0 amide bonds. The van der Waals surface area contributed by atoms with E-state index < -0.39 is 0 Å². The van der Waals surface area contributed by atoms with Crippen LogP contribution in [0.2, 0.25) is 0 Å². The third kappa shape index (κ3) is 6.03. The van der Waals surface area contributed by atoms with Crippen LogP contribution in [0.25, 0.3) is 0 Å². The van der Waals surface area contributed by atoms with E-state index in [0.29, 0.717) is 5.92 Å². The highest BCUT2D eigenvalue weighted by Gasteiger charge is 2.13. The van der Waals surface area contributed by atoms with Gasteiger partial charge >= 0.3 is 0 Å². The van der Waals surface area contributed by atoms with Gasteiger partial charge in [0.2, 0.25) is 0 Å². The summed E-state index contributed by atoms with van der Waals surface area (Å²) in [5, 5.41) is 8.85. The molecule has 1 aliphatic rings. The lowest BCUT2D eigenvalue weighted by Gasteiger charge is -2.29. The van der Waals surface area contributed by atoms with Crippen molar-refractivity contribution >= 4 is 17.3 Å². The number of ether oxygens (including phenoxy) is 1. The summed E-state index contributed by atoms with van der Waals surface area (Å²) in [6.07, 6.45) is 0. The molecule has 1 atom stereocenters. The lowest BCUT2D eigenvalue weighted by atomic mass is 10.1. The Bertz CT molecular complexity index is 415. The average molecular weight is 310 g/mol. The third-order valence-electron chi connectivity index (χ3n) is 3.53. The van der Waals surface area contributed by atoms with Crippen LogP contribution in [0.1, 0.15) is 11.8 Å². The molecule has 1 fully saturated rings. The second-order valence-corrected chi connectivity index (χ2v) is 6.44. The molecule has 6 heteroatoms. The first-order valence-corrected chi connectivity index (χ1v) is 8.43. The first kappa shape index (κ1) is 16.3. The molecule has 5 nitrogen and oxygen atoms in total. The van der Waals surface area contributed by atoms with Crippen LogP contribution in [0, 0.1) is 5.92 Å². The van der Waals surface area contributed by atoms with Crippen molar-refractivity contribution in [3.05, 3.63) is 22.4 Å². The standard InChI is InChI=1S/C15H26N4OS/c1-13(12-19-5-7-20-8-6-19)10-17-15(16-2)18-11-14-4-3-9-21-14/h3-4,9,13H,5-8,10-12H2,1-2H3,(H2,16,17,18). The molecule has 1 saturated heterocycles. The lowest BCUT2D eigenvalue weighted by molar-refractivity contribution is 0.0320. The number of thiophene rings is 1. The summed E-state index contributed by atoms with van der Waals surface area (Å²) in [6.45, 7) is 8.98. The summed E-state index contributed by atoms with van der Waals surface area (Å²) in [5.41, 5.74) is 0. The normalized spacial score (nSPS) is 18.5. The zero-order valence-electron chi connectivity index (χ0n) is 13.0. The van der Waals surface area contributed by atoms with Crippen LogP contribution in [0.4, 0.5) is 0 Å². The van der Waals surface area contributed by atoms with Gasteiger partial charge in [-0.25, -0.2) is 0 Å². The SMILES string of the molecule is CN=C(NCc1cccs1)NCC(C)CN1CCOCC1. The minimum atomic E-state index is 0.586. The van der Waals surface area contributed by atoms with Crippen molar-refractivity contribution in [2.45, 2.75) is 13.5 Å². The van der Waals surface area contributed by atoms with Gasteiger partial charge in [-0.05, 0) is 17.4 Å². The molecule has 2 N–H and O–H groups in total. The van der Waals surface area contributed by atoms with Gasteiger partial charge in [0.1, 0.15) is 0 Å². The predicted molar refractivity (Wildman–Crippen MR) is 88.9 cm³/mol. The van der Waals surface area contributed by atoms with Crippen LogP contribution in [-0.4, -0.2) is 57.3 Å². The highest BCUT2D eigenvalue weighted by molar-refractivity contribution is 7.09. The maximum absolute atomic E-state index is 5.38. The second-order valence-electron chi connectivity index (χ2n) is 5.40. The van der Waals surface area contributed by atoms with Gasteiger partial charge in [-0.3, -0.25) is 9.89 Å². The number of guanidine groups is 1. The van der Waals surface area contributed by atoms with E-state index in [1.54, 1.807) is 11.3 Å². The van der Waals surface area contributed by atoms with E-state index >= 15 is 0 Å². The molecule has 0 aliphatic carbocycles. The molecule has 1 unspecified atom stereocenters. The number of nitrogens with one attached hydrogen (secondary N) is 2. The molecule has 118 valence electrons. The van der Waals surface area contributed by atoms with Crippen LogP contribution in [-0.2, 0) is 11.3 Å². The zero-order valence-corrected chi connectivity index (χ0v) is 13.8. The van der Waals surface area contributed by atoms with Gasteiger partial charge in [0, 0.05) is 38.1 Å². The predicted octanol–water partition coefficient (Wildman–Crippen LogP) is 1.38. The Morgan fingerprint density at radius 3 is 2.90 bits per heavy atom. The quantitative estimate of drug-likeness (QED) is 0.616. The molecule has 0 radical (unpaired) electrons. The molecular formula is C15H26N4OS. The van der Waals surface area contributed by atoms with Crippen molar-refractivity contribution in [3.63, 3.8) is 0 Å². The van der Waals surface area contributed by atoms with Crippen LogP contribution < -0.4 is 10.6 Å². The van der Waals surface area contributed by atoms with Gasteiger partial charge < -0.3 is 15.4 Å². The van der Waals surface area contributed by atoms with Crippen molar-refractivity contribution in [1.29, 1.82) is 0 Å². The van der Waals surface area contributed by atoms with Crippen molar-refractivity contribution in [3.8, 4) is 0 Å². The maximum atomic E-state index is 5.38.